The number of rotatable bonds is 2. The van der Waals surface area contributed by atoms with Crippen LogP contribution < -0.4 is 0 Å². The molecule has 0 radical (unpaired) electrons. The van der Waals surface area contributed by atoms with E-state index in [1.54, 1.807) is 12.1 Å². The van der Waals surface area contributed by atoms with E-state index in [-0.39, 0.29) is 11.5 Å². The van der Waals surface area contributed by atoms with Gasteiger partial charge in [0.2, 0.25) is 0 Å². The largest absolute Gasteiger partial charge is 0.508 e. The molecule has 0 aliphatic heterocycles. The molecule has 4 rings (SSSR count). The molecule has 2 N–H and O–H groups in total. The molecule has 4 heteroatoms. The van der Waals surface area contributed by atoms with E-state index >= 15 is 0 Å². The monoisotopic (exact) mass is 280 g/mol. The van der Waals surface area contributed by atoms with Crippen LogP contribution in [0.15, 0.2) is 36.4 Å². The molecular formula is C17H16N2O2. The van der Waals surface area contributed by atoms with Gasteiger partial charge in [-0.3, -0.25) is 0 Å². The van der Waals surface area contributed by atoms with Gasteiger partial charge in [0, 0.05) is 12.1 Å². The van der Waals surface area contributed by atoms with Gasteiger partial charge in [0.1, 0.15) is 17.3 Å². The Balaban J connectivity index is 2.01. The van der Waals surface area contributed by atoms with E-state index in [9.17, 15) is 10.2 Å². The minimum atomic E-state index is 0.0566. The number of aryl methyl sites for hydroxylation is 1. The Morgan fingerprint density at radius 3 is 2.62 bits per heavy atom. The van der Waals surface area contributed by atoms with Crippen molar-refractivity contribution >= 4 is 11.0 Å². The van der Waals surface area contributed by atoms with Crippen molar-refractivity contribution in [2.75, 3.05) is 0 Å². The summed E-state index contributed by atoms with van der Waals surface area (Å²) in [5, 5.41) is 19.6. The zero-order valence-corrected chi connectivity index (χ0v) is 11.7. The predicted molar refractivity (Wildman–Crippen MR) is 81.5 cm³/mol. The zero-order chi connectivity index (χ0) is 14.6. The highest BCUT2D eigenvalue weighted by atomic mass is 16.3. The lowest BCUT2D eigenvalue weighted by molar-refractivity contribution is 0.451. The molecule has 1 saturated carbocycles. The minimum Gasteiger partial charge on any atom is -0.508 e. The Hall–Kier alpha value is -2.49. The predicted octanol–water partition coefficient (Wildman–Crippen LogP) is 3.76. The normalized spacial score (nSPS) is 14.7. The Kier molecular flexibility index (Phi) is 2.48. The molecule has 1 heterocycles. The first-order valence-corrected chi connectivity index (χ1v) is 7.14. The zero-order valence-electron chi connectivity index (χ0n) is 11.7. The maximum Gasteiger partial charge on any atom is 0.145 e. The van der Waals surface area contributed by atoms with Gasteiger partial charge in [-0.2, -0.15) is 0 Å². The second kappa shape index (κ2) is 4.25. The molecule has 0 amide bonds. The molecule has 2 aromatic carbocycles. The number of phenols is 2. The lowest BCUT2D eigenvalue weighted by Crippen LogP contribution is -1.97. The van der Waals surface area contributed by atoms with Crippen LogP contribution in [0, 0.1) is 6.92 Å². The average molecular weight is 280 g/mol. The van der Waals surface area contributed by atoms with Gasteiger partial charge in [0.15, 0.2) is 0 Å². The molecule has 0 spiro atoms. The molecule has 0 bridgehead atoms. The first-order valence-electron chi connectivity index (χ1n) is 7.14. The summed E-state index contributed by atoms with van der Waals surface area (Å²) >= 11 is 0. The van der Waals surface area contributed by atoms with Crippen LogP contribution in [0.5, 0.6) is 11.5 Å². The summed E-state index contributed by atoms with van der Waals surface area (Å²) in [5.74, 6) is 0.890. The molecule has 0 atom stereocenters. The van der Waals surface area contributed by atoms with Crippen LogP contribution in [-0.2, 0) is 0 Å². The van der Waals surface area contributed by atoms with Gasteiger partial charge in [-0.1, -0.05) is 6.07 Å². The van der Waals surface area contributed by atoms with Crippen LogP contribution in [0.3, 0.4) is 0 Å². The highest BCUT2D eigenvalue weighted by molar-refractivity contribution is 5.83. The van der Waals surface area contributed by atoms with Crippen molar-refractivity contribution in [1.29, 1.82) is 0 Å². The molecule has 1 fully saturated rings. The molecule has 1 aliphatic carbocycles. The molecular weight excluding hydrogens is 264 g/mol. The van der Waals surface area contributed by atoms with Crippen molar-refractivity contribution in [1.82, 2.24) is 9.55 Å². The average Bonchev–Trinajstić information content (AvgIpc) is 3.20. The summed E-state index contributed by atoms with van der Waals surface area (Å²) < 4.78 is 2.21. The summed E-state index contributed by atoms with van der Waals surface area (Å²) in [4.78, 5) is 4.72. The van der Waals surface area contributed by atoms with Gasteiger partial charge >= 0.3 is 0 Å². The van der Waals surface area contributed by atoms with Crippen LogP contribution in [0.4, 0.5) is 0 Å². The van der Waals surface area contributed by atoms with E-state index in [4.69, 9.17) is 4.98 Å². The van der Waals surface area contributed by atoms with Crippen LogP contribution in [-0.4, -0.2) is 19.8 Å². The van der Waals surface area contributed by atoms with Crippen molar-refractivity contribution in [3.63, 3.8) is 0 Å². The highest BCUT2D eigenvalue weighted by Gasteiger charge is 2.29. The third-order valence-electron chi connectivity index (χ3n) is 3.98. The minimum absolute atomic E-state index is 0.0566. The van der Waals surface area contributed by atoms with Gasteiger partial charge in [-0.25, -0.2) is 4.98 Å². The summed E-state index contributed by atoms with van der Waals surface area (Å²) in [5.41, 5.74) is 3.88. The number of nitrogens with zero attached hydrogens (tertiary/aromatic N) is 2. The molecule has 3 aromatic rings. The number of imidazole rings is 1. The van der Waals surface area contributed by atoms with Crippen molar-refractivity contribution in [3.8, 4) is 22.9 Å². The Morgan fingerprint density at radius 2 is 1.90 bits per heavy atom. The number of fused-ring (bicyclic) bond motifs is 1. The second-order valence-electron chi connectivity index (χ2n) is 5.73. The van der Waals surface area contributed by atoms with E-state index in [1.165, 1.54) is 11.6 Å². The van der Waals surface area contributed by atoms with Crippen LogP contribution >= 0.6 is 0 Å². The second-order valence-corrected chi connectivity index (χ2v) is 5.73. The van der Waals surface area contributed by atoms with E-state index in [0.29, 0.717) is 11.6 Å². The van der Waals surface area contributed by atoms with Crippen LogP contribution in [0.25, 0.3) is 22.4 Å². The fraction of sp³-hybridized carbons (Fsp3) is 0.235. The van der Waals surface area contributed by atoms with Crippen molar-refractivity contribution < 1.29 is 10.2 Å². The summed E-state index contributed by atoms with van der Waals surface area (Å²) in [6.07, 6.45) is 2.29. The lowest BCUT2D eigenvalue weighted by atomic mass is 10.2. The fourth-order valence-corrected chi connectivity index (χ4v) is 2.81. The number of hydrogen-bond donors (Lipinski definition) is 2. The lowest BCUT2D eigenvalue weighted by Gasteiger charge is -2.09. The molecule has 0 saturated heterocycles. The number of phenolic OH excluding ortho intramolecular Hbond substituents is 2. The first-order chi connectivity index (χ1) is 10.1. The molecule has 1 aliphatic rings. The maximum atomic E-state index is 10.1. The SMILES string of the molecule is Cc1ccc2c(c1)nc(-c1ccc(O)cc1O)n2C1CC1. The summed E-state index contributed by atoms with van der Waals surface area (Å²) in [6, 6.07) is 11.4. The van der Waals surface area contributed by atoms with Gasteiger partial charge in [0.05, 0.1) is 16.6 Å². The van der Waals surface area contributed by atoms with Gasteiger partial charge < -0.3 is 14.8 Å². The number of aromatic nitrogens is 2. The highest BCUT2D eigenvalue weighted by Crippen LogP contribution is 2.43. The first kappa shape index (κ1) is 12.3. The number of hydrogen-bond acceptors (Lipinski definition) is 3. The quantitative estimate of drug-likeness (QED) is 0.751. The van der Waals surface area contributed by atoms with Gasteiger partial charge in [0.25, 0.3) is 0 Å². The Bertz CT molecular complexity index is 847. The van der Waals surface area contributed by atoms with Gasteiger partial charge in [-0.05, 0) is 49.6 Å². The van der Waals surface area contributed by atoms with Crippen molar-refractivity contribution in [2.24, 2.45) is 0 Å². The van der Waals surface area contributed by atoms with Crippen molar-refractivity contribution in [2.45, 2.75) is 25.8 Å². The Labute approximate surface area is 122 Å². The third-order valence-corrected chi connectivity index (χ3v) is 3.98. The summed E-state index contributed by atoms with van der Waals surface area (Å²) in [6.45, 7) is 2.05. The smallest absolute Gasteiger partial charge is 0.145 e. The molecule has 0 unspecified atom stereocenters. The molecule has 4 nitrogen and oxygen atoms in total. The topological polar surface area (TPSA) is 58.3 Å². The third kappa shape index (κ3) is 1.95. The van der Waals surface area contributed by atoms with E-state index in [2.05, 4.69) is 22.8 Å². The summed E-state index contributed by atoms with van der Waals surface area (Å²) in [7, 11) is 0. The molecule has 106 valence electrons. The standard InChI is InChI=1S/C17H16N2O2/c1-10-2-7-15-14(8-10)18-17(19(15)11-3-4-11)13-6-5-12(20)9-16(13)21/h2,5-9,11,20-21H,3-4H2,1H3. The molecule has 21 heavy (non-hydrogen) atoms. The number of benzene rings is 2. The van der Waals surface area contributed by atoms with Crippen molar-refractivity contribution in [3.05, 3.63) is 42.0 Å². The van der Waals surface area contributed by atoms with E-state index < -0.39 is 0 Å². The Morgan fingerprint density at radius 1 is 1.10 bits per heavy atom. The van der Waals surface area contributed by atoms with Crippen LogP contribution in [0.1, 0.15) is 24.4 Å². The fourth-order valence-electron chi connectivity index (χ4n) is 2.81. The number of aromatic hydroxyl groups is 2. The van der Waals surface area contributed by atoms with Crippen LogP contribution in [0.2, 0.25) is 0 Å². The maximum absolute atomic E-state index is 10.1. The molecule has 1 aromatic heterocycles. The van der Waals surface area contributed by atoms with E-state index in [1.807, 2.05) is 6.92 Å². The van der Waals surface area contributed by atoms with Gasteiger partial charge in [-0.15, -0.1) is 0 Å². The van der Waals surface area contributed by atoms with E-state index in [0.717, 1.165) is 29.7 Å².